The Morgan fingerprint density at radius 2 is 2.15 bits per heavy atom. The Labute approximate surface area is 118 Å². The van der Waals surface area contributed by atoms with Gasteiger partial charge in [-0.1, -0.05) is 19.9 Å². The van der Waals surface area contributed by atoms with Crippen molar-refractivity contribution in [2.45, 2.75) is 26.4 Å². The quantitative estimate of drug-likeness (QED) is 0.790. The second-order valence-electron chi connectivity index (χ2n) is 5.33. The molecule has 4 heteroatoms. The van der Waals surface area contributed by atoms with E-state index < -0.39 is 0 Å². The molecule has 0 atom stereocenters. The van der Waals surface area contributed by atoms with Crippen LogP contribution < -0.4 is 5.32 Å². The van der Waals surface area contributed by atoms with E-state index in [1.807, 2.05) is 19.2 Å². The predicted octanol–water partition coefficient (Wildman–Crippen LogP) is 3.33. The summed E-state index contributed by atoms with van der Waals surface area (Å²) in [5, 5.41) is 3.42. The van der Waals surface area contributed by atoms with Crippen molar-refractivity contribution in [3.05, 3.63) is 42.2 Å². The summed E-state index contributed by atoms with van der Waals surface area (Å²) in [6, 6.07) is 10.7. The first-order valence-corrected chi connectivity index (χ1v) is 6.88. The van der Waals surface area contributed by atoms with E-state index in [1.54, 1.807) is 6.26 Å². The summed E-state index contributed by atoms with van der Waals surface area (Å²) in [6.07, 6.45) is 1.67. The van der Waals surface area contributed by atoms with Crippen LogP contribution in [0, 0.1) is 0 Å². The molecular weight excluding hydrogens is 250 g/mol. The average molecular weight is 269 g/mol. The third-order valence-electron chi connectivity index (χ3n) is 3.40. The van der Waals surface area contributed by atoms with Crippen LogP contribution in [0.1, 0.15) is 19.4 Å². The van der Waals surface area contributed by atoms with Crippen molar-refractivity contribution < 1.29 is 4.42 Å². The highest BCUT2D eigenvalue weighted by Crippen LogP contribution is 2.24. The number of hydrogen-bond donors (Lipinski definition) is 1. The van der Waals surface area contributed by atoms with E-state index in [9.17, 15) is 0 Å². The normalized spacial score (nSPS) is 11.6. The third kappa shape index (κ3) is 2.34. The standard InChI is InChI=1S/C16H19N3O/c1-11(2)17-10-12-6-7-14-13(9-12)18-16(19(14)3)15-5-4-8-20-15/h4-9,11,17H,10H2,1-3H3. The van der Waals surface area contributed by atoms with Gasteiger partial charge in [-0.05, 0) is 29.8 Å². The van der Waals surface area contributed by atoms with Crippen LogP contribution in [0.3, 0.4) is 0 Å². The molecule has 1 aromatic carbocycles. The fourth-order valence-corrected chi connectivity index (χ4v) is 2.30. The highest BCUT2D eigenvalue weighted by Gasteiger charge is 2.12. The number of aryl methyl sites for hydroxylation is 1. The number of benzene rings is 1. The van der Waals surface area contributed by atoms with Gasteiger partial charge in [0.1, 0.15) is 0 Å². The van der Waals surface area contributed by atoms with Crippen molar-refractivity contribution in [3.8, 4) is 11.6 Å². The summed E-state index contributed by atoms with van der Waals surface area (Å²) in [7, 11) is 2.01. The first-order chi connectivity index (χ1) is 9.65. The molecule has 0 aliphatic heterocycles. The molecule has 0 saturated heterocycles. The zero-order valence-corrected chi connectivity index (χ0v) is 12.1. The second kappa shape index (κ2) is 5.13. The first-order valence-electron chi connectivity index (χ1n) is 6.88. The van der Waals surface area contributed by atoms with Crippen LogP contribution >= 0.6 is 0 Å². The maximum Gasteiger partial charge on any atom is 0.176 e. The summed E-state index contributed by atoms with van der Waals surface area (Å²) in [6.45, 7) is 5.16. The van der Waals surface area contributed by atoms with Gasteiger partial charge in [0.25, 0.3) is 0 Å². The monoisotopic (exact) mass is 269 g/mol. The number of fused-ring (bicyclic) bond motifs is 1. The Bertz CT molecular complexity index is 711. The summed E-state index contributed by atoms with van der Waals surface area (Å²) in [5.41, 5.74) is 3.36. The van der Waals surface area contributed by atoms with Crippen molar-refractivity contribution in [3.63, 3.8) is 0 Å². The minimum Gasteiger partial charge on any atom is -0.461 e. The van der Waals surface area contributed by atoms with Crippen LogP contribution in [0.15, 0.2) is 41.0 Å². The van der Waals surface area contributed by atoms with Crippen molar-refractivity contribution in [1.29, 1.82) is 0 Å². The van der Waals surface area contributed by atoms with E-state index in [0.29, 0.717) is 6.04 Å². The van der Waals surface area contributed by atoms with Crippen molar-refractivity contribution >= 4 is 11.0 Å². The largest absolute Gasteiger partial charge is 0.461 e. The molecular formula is C16H19N3O. The fourth-order valence-electron chi connectivity index (χ4n) is 2.30. The van der Waals surface area contributed by atoms with Crippen molar-refractivity contribution in [1.82, 2.24) is 14.9 Å². The molecule has 104 valence electrons. The molecule has 3 rings (SSSR count). The van der Waals surface area contributed by atoms with Gasteiger partial charge in [0, 0.05) is 19.6 Å². The van der Waals surface area contributed by atoms with Gasteiger partial charge in [0.05, 0.1) is 17.3 Å². The molecule has 2 aromatic heterocycles. The summed E-state index contributed by atoms with van der Waals surface area (Å²) in [5.74, 6) is 1.66. The van der Waals surface area contributed by atoms with Gasteiger partial charge in [-0.15, -0.1) is 0 Å². The van der Waals surface area contributed by atoms with E-state index in [-0.39, 0.29) is 0 Å². The number of imidazole rings is 1. The zero-order chi connectivity index (χ0) is 14.1. The smallest absolute Gasteiger partial charge is 0.176 e. The molecule has 0 radical (unpaired) electrons. The number of rotatable bonds is 4. The van der Waals surface area contributed by atoms with Crippen molar-refractivity contribution in [2.75, 3.05) is 0 Å². The minimum absolute atomic E-state index is 0.480. The van der Waals surface area contributed by atoms with Gasteiger partial charge >= 0.3 is 0 Å². The van der Waals surface area contributed by atoms with Gasteiger partial charge < -0.3 is 14.3 Å². The molecule has 20 heavy (non-hydrogen) atoms. The lowest BCUT2D eigenvalue weighted by molar-refractivity contribution is 0.574. The van der Waals surface area contributed by atoms with Gasteiger partial charge in [0.15, 0.2) is 11.6 Å². The van der Waals surface area contributed by atoms with E-state index in [1.165, 1.54) is 5.56 Å². The number of hydrogen-bond acceptors (Lipinski definition) is 3. The summed E-state index contributed by atoms with van der Waals surface area (Å²) >= 11 is 0. The third-order valence-corrected chi connectivity index (χ3v) is 3.40. The van der Waals surface area contributed by atoms with Crippen LogP contribution in [0.5, 0.6) is 0 Å². The topological polar surface area (TPSA) is 43.0 Å². The summed E-state index contributed by atoms with van der Waals surface area (Å²) < 4.78 is 7.51. The maximum absolute atomic E-state index is 5.44. The molecule has 0 bridgehead atoms. The molecule has 0 amide bonds. The molecule has 0 aliphatic rings. The fraction of sp³-hybridized carbons (Fsp3) is 0.312. The van der Waals surface area contributed by atoms with E-state index in [0.717, 1.165) is 29.2 Å². The van der Waals surface area contributed by atoms with Crippen LogP contribution in [0.25, 0.3) is 22.6 Å². The van der Waals surface area contributed by atoms with Gasteiger partial charge in [0.2, 0.25) is 0 Å². The Hall–Kier alpha value is -2.07. The molecule has 0 fully saturated rings. The molecule has 3 aromatic rings. The van der Waals surface area contributed by atoms with Crippen LogP contribution in [0.4, 0.5) is 0 Å². The van der Waals surface area contributed by atoms with Crippen LogP contribution in [-0.2, 0) is 13.6 Å². The molecule has 2 heterocycles. The van der Waals surface area contributed by atoms with E-state index in [2.05, 4.69) is 46.9 Å². The molecule has 4 nitrogen and oxygen atoms in total. The van der Waals surface area contributed by atoms with E-state index >= 15 is 0 Å². The first kappa shape index (κ1) is 12.9. The molecule has 0 saturated carbocycles. The number of nitrogens with zero attached hydrogens (tertiary/aromatic N) is 2. The molecule has 0 spiro atoms. The molecule has 1 N–H and O–H groups in total. The summed E-state index contributed by atoms with van der Waals surface area (Å²) in [4.78, 5) is 4.68. The minimum atomic E-state index is 0.480. The lowest BCUT2D eigenvalue weighted by Crippen LogP contribution is -2.21. The Morgan fingerprint density at radius 3 is 2.85 bits per heavy atom. The Kier molecular flexibility index (Phi) is 3.32. The Morgan fingerprint density at radius 1 is 1.30 bits per heavy atom. The van der Waals surface area contributed by atoms with Gasteiger partial charge in [-0.3, -0.25) is 0 Å². The lowest BCUT2D eigenvalue weighted by atomic mass is 10.2. The second-order valence-corrected chi connectivity index (χ2v) is 5.33. The average Bonchev–Trinajstić information content (AvgIpc) is 3.04. The van der Waals surface area contributed by atoms with Crippen LogP contribution in [-0.4, -0.2) is 15.6 Å². The molecule has 0 aliphatic carbocycles. The zero-order valence-electron chi connectivity index (χ0n) is 12.1. The van der Waals surface area contributed by atoms with E-state index in [4.69, 9.17) is 4.42 Å². The predicted molar refractivity (Wildman–Crippen MR) is 80.4 cm³/mol. The number of aromatic nitrogens is 2. The van der Waals surface area contributed by atoms with Crippen molar-refractivity contribution in [2.24, 2.45) is 7.05 Å². The molecule has 0 unspecified atom stereocenters. The number of nitrogens with one attached hydrogen (secondary N) is 1. The van der Waals surface area contributed by atoms with Gasteiger partial charge in [-0.2, -0.15) is 0 Å². The lowest BCUT2D eigenvalue weighted by Gasteiger charge is -2.07. The SMILES string of the molecule is CC(C)NCc1ccc2c(c1)nc(-c1ccco1)n2C. The van der Waals surface area contributed by atoms with Crippen LogP contribution in [0.2, 0.25) is 0 Å². The number of furan rings is 1. The van der Waals surface area contributed by atoms with Gasteiger partial charge in [-0.25, -0.2) is 4.98 Å². The highest BCUT2D eigenvalue weighted by atomic mass is 16.3. The maximum atomic E-state index is 5.44. The Balaban J connectivity index is 1.99. The highest BCUT2D eigenvalue weighted by molar-refractivity contribution is 5.80.